The Morgan fingerprint density at radius 1 is 1.22 bits per heavy atom. The average molecular weight is 396 g/mol. The van der Waals surface area contributed by atoms with E-state index in [0.717, 1.165) is 31.9 Å². The largest absolute Gasteiger partial charge is 0.449 e. The summed E-state index contributed by atoms with van der Waals surface area (Å²) in [6.45, 7) is 1.36. The van der Waals surface area contributed by atoms with Crippen LogP contribution in [0.5, 0.6) is 0 Å². The van der Waals surface area contributed by atoms with Crippen LogP contribution in [0.2, 0.25) is 0 Å². The first-order valence-electron chi connectivity index (χ1n) is 8.73. The number of rotatable bonds is 6. The quantitative estimate of drug-likeness (QED) is 0.704. The molecule has 0 spiro atoms. The molecule has 0 aromatic heterocycles. The summed E-state index contributed by atoms with van der Waals surface area (Å²) in [5.41, 5.74) is 0.575. The number of urea groups is 1. The molecule has 1 aromatic carbocycles. The molecule has 0 aliphatic heterocycles. The lowest BCUT2D eigenvalue weighted by Crippen LogP contribution is -2.47. The Morgan fingerprint density at radius 2 is 1.89 bits per heavy atom. The van der Waals surface area contributed by atoms with Crippen molar-refractivity contribution in [1.29, 1.82) is 0 Å². The van der Waals surface area contributed by atoms with Gasteiger partial charge in [-0.2, -0.15) is 0 Å². The molecule has 148 valence electrons. The average Bonchev–Trinajstić information content (AvgIpc) is 3.06. The van der Waals surface area contributed by atoms with Crippen molar-refractivity contribution in [3.05, 3.63) is 35.4 Å². The Labute approximate surface area is 158 Å². The van der Waals surface area contributed by atoms with Crippen LogP contribution >= 0.6 is 0 Å². The Morgan fingerprint density at radius 3 is 2.52 bits per heavy atom. The number of carbonyl (C=O) groups excluding carboxylic acids is 3. The molecule has 1 atom stereocenters. The van der Waals surface area contributed by atoms with E-state index >= 15 is 0 Å². The van der Waals surface area contributed by atoms with E-state index in [1.165, 1.54) is 25.1 Å². The van der Waals surface area contributed by atoms with Crippen molar-refractivity contribution in [2.45, 2.75) is 50.5 Å². The summed E-state index contributed by atoms with van der Waals surface area (Å²) in [5, 5.41) is 4.87. The van der Waals surface area contributed by atoms with Crippen molar-refractivity contribution in [3.63, 3.8) is 0 Å². The third-order valence-corrected chi connectivity index (χ3v) is 5.03. The Bertz CT molecular complexity index is 815. The number of hydrogen-bond acceptors (Lipinski definition) is 6. The van der Waals surface area contributed by atoms with E-state index in [4.69, 9.17) is 4.74 Å². The van der Waals surface area contributed by atoms with Gasteiger partial charge in [0.1, 0.15) is 0 Å². The molecule has 8 nitrogen and oxygen atoms in total. The van der Waals surface area contributed by atoms with Crippen LogP contribution in [-0.2, 0) is 25.1 Å². The molecular formula is C18H24N2O6S. The Balaban J connectivity index is 1.89. The van der Waals surface area contributed by atoms with Crippen LogP contribution in [0, 0.1) is 0 Å². The molecule has 9 heteroatoms. The predicted molar refractivity (Wildman–Crippen MR) is 98.8 cm³/mol. The monoisotopic (exact) mass is 396 g/mol. The Kier molecular flexibility index (Phi) is 6.95. The number of hydrogen-bond donors (Lipinski definition) is 2. The first-order valence-corrected chi connectivity index (χ1v) is 10.8. The molecule has 1 saturated carbocycles. The van der Waals surface area contributed by atoms with Crippen molar-refractivity contribution < 1.29 is 27.5 Å². The lowest BCUT2D eigenvalue weighted by molar-refractivity contribution is -0.127. The lowest BCUT2D eigenvalue weighted by Gasteiger charge is -2.15. The minimum absolute atomic E-state index is 0.0632. The standard InChI is InChI=1S/C18H24N2O6S/c1-12(16(21)20-18(23)19-15-8-3-4-9-15)26-17(22)14-7-5-6-13(10-14)11-27(2,24)25/h5-7,10,12,15H,3-4,8-9,11H2,1-2H3,(H2,19,20,21,23)/t12-/m0/s1. The van der Waals surface area contributed by atoms with Crippen LogP contribution in [0.3, 0.4) is 0 Å². The number of carbonyl (C=O) groups is 3. The van der Waals surface area contributed by atoms with Gasteiger partial charge in [0.25, 0.3) is 5.91 Å². The molecule has 0 bridgehead atoms. The van der Waals surface area contributed by atoms with Gasteiger partial charge in [-0.05, 0) is 37.5 Å². The highest BCUT2D eigenvalue weighted by molar-refractivity contribution is 7.89. The van der Waals surface area contributed by atoms with E-state index in [1.54, 1.807) is 6.07 Å². The van der Waals surface area contributed by atoms with Crippen molar-refractivity contribution in [1.82, 2.24) is 10.6 Å². The fourth-order valence-electron chi connectivity index (χ4n) is 2.88. The summed E-state index contributed by atoms with van der Waals surface area (Å²) in [6, 6.07) is 5.45. The maximum Gasteiger partial charge on any atom is 0.338 e. The first-order chi connectivity index (χ1) is 12.6. The van der Waals surface area contributed by atoms with Crippen LogP contribution in [0.1, 0.15) is 48.5 Å². The number of imide groups is 1. The second kappa shape index (κ2) is 8.98. The van der Waals surface area contributed by atoms with Gasteiger partial charge in [-0.25, -0.2) is 18.0 Å². The molecule has 0 unspecified atom stereocenters. The highest BCUT2D eigenvalue weighted by Crippen LogP contribution is 2.17. The van der Waals surface area contributed by atoms with Crippen molar-refractivity contribution >= 4 is 27.7 Å². The van der Waals surface area contributed by atoms with Gasteiger partial charge in [-0.3, -0.25) is 10.1 Å². The summed E-state index contributed by atoms with van der Waals surface area (Å²) in [7, 11) is -3.24. The molecule has 0 heterocycles. The molecule has 1 aliphatic carbocycles. The van der Waals surface area contributed by atoms with Crippen LogP contribution in [0.25, 0.3) is 0 Å². The Hall–Kier alpha value is -2.42. The van der Waals surface area contributed by atoms with Crippen LogP contribution in [0.4, 0.5) is 4.79 Å². The minimum Gasteiger partial charge on any atom is -0.449 e. The second-order valence-electron chi connectivity index (χ2n) is 6.76. The molecule has 2 N–H and O–H groups in total. The molecule has 1 fully saturated rings. The maximum atomic E-state index is 12.2. The van der Waals surface area contributed by atoms with Gasteiger partial charge in [-0.1, -0.05) is 25.0 Å². The summed E-state index contributed by atoms with van der Waals surface area (Å²) < 4.78 is 27.8. The highest BCUT2D eigenvalue weighted by Gasteiger charge is 2.23. The zero-order chi connectivity index (χ0) is 20.0. The molecule has 3 amide bonds. The van der Waals surface area contributed by atoms with Crippen molar-refractivity contribution in [2.75, 3.05) is 6.26 Å². The van der Waals surface area contributed by atoms with Crippen LogP contribution in [0.15, 0.2) is 24.3 Å². The van der Waals surface area contributed by atoms with Crippen molar-refractivity contribution in [2.24, 2.45) is 0 Å². The second-order valence-corrected chi connectivity index (χ2v) is 8.90. The molecular weight excluding hydrogens is 372 g/mol. The van der Waals surface area contributed by atoms with E-state index in [0.29, 0.717) is 5.56 Å². The number of sulfone groups is 1. The van der Waals surface area contributed by atoms with Gasteiger partial charge in [0.2, 0.25) is 0 Å². The smallest absolute Gasteiger partial charge is 0.338 e. The molecule has 0 radical (unpaired) electrons. The zero-order valence-corrected chi connectivity index (χ0v) is 16.2. The van der Waals surface area contributed by atoms with Gasteiger partial charge >= 0.3 is 12.0 Å². The van der Waals surface area contributed by atoms with Gasteiger partial charge in [-0.15, -0.1) is 0 Å². The SMILES string of the molecule is C[C@H](OC(=O)c1cccc(CS(C)(=O)=O)c1)C(=O)NC(=O)NC1CCCC1. The van der Waals surface area contributed by atoms with Gasteiger partial charge in [0.15, 0.2) is 15.9 Å². The van der Waals surface area contributed by atoms with Gasteiger partial charge < -0.3 is 10.1 Å². The van der Waals surface area contributed by atoms with E-state index in [9.17, 15) is 22.8 Å². The highest BCUT2D eigenvalue weighted by atomic mass is 32.2. The fourth-order valence-corrected chi connectivity index (χ4v) is 3.66. The summed E-state index contributed by atoms with van der Waals surface area (Å²) >= 11 is 0. The van der Waals surface area contributed by atoms with E-state index in [2.05, 4.69) is 10.6 Å². The van der Waals surface area contributed by atoms with E-state index < -0.39 is 33.8 Å². The number of benzene rings is 1. The number of amides is 3. The summed E-state index contributed by atoms with van der Waals surface area (Å²) in [4.78, 5) is 36.0. The van der Waals surface area contributed by atoms with Crippen molar-refractivity contribution in [3.8, 4) is 0 Å². The molecule has 2 rings (SSSR count). The third-order valence-electron chi connectivity index (χ3n) is 4.17. The van der Waals surface area contributed by atoms with E-state index in [1.807, 2.05) is 0 Å². The zero-order valence-electron chi connectivity index (χ0n) is 15.4. The number of ether oxygens (including phenoxy) is 1. The predicted octanol–water partition coefficient (Wildman–Crippen LogP) is 1.54. The topological polar surface area (TPSA) is 119 Å². The number of nitrogens with one attached hydrogen (secondary N) is 2. The molecule has 1 aliphatic rings. The van der Waals surface area contributed by atoms with Crippen LogP contribution in [-0.4, -0.2) is 44.7 Å². The maximum absolute atomic E-state index is 12.2. The molecule has 27 heavy (non-hydrogen) atoms. The fraction of sp³-hybridized carbons (Fsp3) is 0.500. The first kappa shape index (κ1) is 20.9. The number of esters is 1. The summed E-state index contributed by atoms with van der Waals surface area (Å²) in [5.74, 6) is -1.71. The van der Waals surface area contributed by atoms with E-state index in [-0.39, 0.29) is 17.4 Å². The normalized spacial score (nSPS) is 15.8. The molecule has 0 saturated heterocycles. The summed E-state index contributed by atoms with van der Waals surface area (Å²) in [6.07, 6.45) is 3.79. The van der Waals surface area contributed by atoms with Gasteiger partial charge in [0, 0.05) is 12.3 Å². The van der Waals surface area contributed by atoms with Gasteiger partial charge in [0.05, 0.1) is 11.3 Å². The lowest BCUT2D eigenvalue weighted by atomic mass is 10.1. The third kappa shape index (κ3) is 7.01. The minimum atomic E-state index is -3.24. The van der Waals surface area contributed by atoms with Crippen LogP contribution < -0.4 is 10.6 Å². The molecule has 1 aromatic rings.